The maximum absolute atomic E-state index is 8.84. The van der Waals surface area contributed by atoms with Crippen LogP contribution in [0.25, 0.3) is 0 Å². The SMILES string of the molecule is CCNC(=NCc1ccc(OCCO)c(OC)c1)NCC1CC1. The van der Waals surface area contributed by atoms with Crippen molar-refractivity contribution in [2.24, 2.45) is 10.9 Å². The van der Waals surface area contributed by atoms with Crippen molar-refractivity contribution in [2.45, 2.75) is 26.3 Å². The van der Waals surface area contributed by atoms with E-state index in [1.54, 1.807) is 7.11 Å². The summed E-state index contributed by atoms with van der Waals surface area (Å²) in [5.74, 6) is 2.94. The van der Waals surface area contributed by atoms with Gasteiger partial charge in [0.15, 0.2) is 17.5 Å². The number of nitrogens with zero attached hydrogens (tertiary/aromatic N) is 1. The lowest BCUT2D eigenvalue weighted by atomic mass is 10.2. The maximum atomic E-state index is 8.84. The van der Waals surface area contributed by atoms with Gasteiger partial charge in [-0.05, 0) is 43.4 Å². The predicted molar refractivity (Wildman–Crippen MR) is 91.1 cm³/mol. The van der Waals surface area contributed by atoms with Gasteiger partial charge in [-0.2, -0.15) is 0 Å². The summed E-state index contributed by atoms with van der Waals surface area (Å²) in [6.07, 6.45) is 2.64. The molecule has 0 aromatic heterocycles. The van der Waals surface area contributed by atoms with E-state index >= 15 is 0 Å². The first-order chi connectivity index (χ1) is 11.3. The molecule has 6 heteroatoms. The van der Waals surface area contributed by atoms with Crippen LogP contribution in [0.5, 0.6) is 11.5 Å². The van der Waals surface area contributed by atoms with Gasteiger partial charge in [0, 0.05) is 13.1 Å². The molecule has 1 aliphatic rings. The van der Waals surface area contributed by atoms with Gasteiger partial charge in [-0.15, -0.1) is 0 Å². The fourth-order valence-electron chi connectivity index (χ4n) is 2.16. The molecule has 1 aliphatic carbocycles. The van der Waals surface area contributed by atoms with Crippen molar-refractivity contribution < 1.29 is 14.6 Å². The molecule has 0 atom stereocenters. The molecular weight excluding hydrogens is 294 g/mol. The highest BCUT2D eigenvalue weighted by atomic mass is 16.5. The number of methoxy groups -OCH3 is 1. The average Bonchev–Trinajstić information content (AvgIpc) is 3.40. The van der Waals surface area contributed by atoms with E-state index in [4.69, 9.17) is 14.6 Å². The molecule has 128 valence electrons. The van der Waals surface area contributed by atoms with Gasteiger partial charge in [-0.1, -0.05) is 6.07 Å². The van der Waals surface area contributed by atoms with Crippen LogP contribution < -0.4 is 20.1 Å². The third kappa shape index (κ3) is 5.98. The number of benzene rings is 1. The number of nitrogens with one attached hydrogen (secondary N) is 2. The van der Waals surface area contributed by atoms with E-state index in [1.165, 1.54) is 12.8 Å². The lowest BCUT2D eigenvalue weighted by Crippen LogP contribution is -2.38. The molecule has 1 aromatic rings. The third-order valence-corrected chi connectivity index (χ3v) is 3.60. The van der Waals surface area contributed by atoms with Gasteiger partial charge in [0.05, 0.1) is 20.3 Å². The van der Waals surface area contributed by atoms with Crippen molar-refractivity contribution in [3.8, 4) is 11.5 Å². The van der Waals surface area contributed by atoms with E-state index in [-0.39, 0.29) is 13.2 Å². The highest BCUT2D eigenvalue weighted by Crippen LogP contribution is 2.28. The molecule has 0 aliphatic heterocycles. The van der Waals surface area contributed by atoms with Crippen LogP contribution in [0.4, 0.5) is 0 Å². The summed E-state index contributed by atoms with van der Waals surface area (Å²) in [5, 5.41) is 15.5. The molecule has 1 saturated carbocycles. The Kier molecular flexibility index (Phi) is 7.00. The maximum Gasteiger partial charge on any atom is 0.191 e. The normalized spacial score (nSPS) is 14.5. The van der Waals surface area contributed by atoms with E-state index < -0.39 is 0 Å². The van der Waals surface area contributed by atoms with Crippen molar-refractivity contribution in [2.75, 3.05) is 33.4 Å². The number of aliphatic imine (C=N–C) groups is 1. The molecule has 0 spiro atoms. The average molecular weight is 321 g/mol. The van der Waals surface area contributed by atoms with Crippen molar-refractivity contribution in [3.63, 3.8) is 0 Å². The van der Waals surface area contributed by atoms with E-state index in [0.717, 1.165) is 30.5 Å². The summed E-state index contributed by atoms with van der Waals surface area (Å²) in [7, 11) is 1.61. The molecule has 1 aromatic carbocycles. The number of guanidine groups is 1. The zero-order chi connectivity index (χ0) is 16.5. The topological polar surface area (TPSA) is 75.1 Å². The smallest absolute Gasteiger partial charge is 0.191 e. The van der Waals surface area contributed by atoms with Crippen molar-refractivity contribution >= 4 is 5.96 Å². The van der Waals surface area contributed by atoms with Crippen LogP contribution >= 0.6 is 0 Å². The largest absolute Gasteiger partial charge is 0.493 e. The molecule has 0 bridgehead atoms. The molecule has 1 fully saturated rings. The minimum absolute atomic E-state index is 0.0199. The Balaban J connectivity index is 1.97. The number of ether oxygens (including phenoxy) is 2. The lowest BCUT2D eigenvalue weighted by Gasteiger charge is -2.12. The van der Waals surface area contributed by atoms with Crippen LogP contribution in [-0.4, -0.2) is 44.5 Å². The Labute approximate surface area is 137 Å². The highest BCUT2D eigenvalue weighted by molar-refractivity contribution is 5.79. The molecular formula is C17H27N3O3. The van der Waals surface area contributed by atoms with Crippen LogP contribution in [0.3, 0.4) is 0 Å². The summed E-state index contributed by atoms with van der Waals surface area (Å²) >= 11 is 0. The van der Waals surface area contributed by atoms with E-state index in [0.29, 0.717) is 18.0 Å². The zero-order valence-electron chi connectivity index (χ0n) is 14.0. The fourth-order valence-corrected chi connectivity index (χ4v) is 2.16. The fraction of sp³-hybridized carbons (Fsp3) is 0.588. The van der Waals surface area contributed by atoms with Crippen LogP contribution in [-0.2, 0) is 6.54 Å². The quantitative estimate of drug-likeness (QED) is 0.475. The molecule has 0 unspecified atom stereocenters. The molecule has 0 radical (unpaired) electrons. The zero-order valence-corrected chi connectivity index (χ0v) is 14.0. The Bertz CT molecular complexity index is 516. The minimum Gasteiger partial charge on any atom is -0.493 e. The van der Waals surface area contributed by atoms with Gasteiger partial charge in [0.1, 0.15) is 6.61 Å². The Morgan fingerprint density at radius 1 is 1.30 bits per heavy atom. The molecule has 3 N–H and O–H groups in total. The summed E-state index contributed by atoms with van der Waals surface area (Å²) in [6.45, 7) is 4.69. The second kappa shape index (κ2) is 9.25. The molecule has 23 heavy (non-hydrogen) atoms. The monoisotopic (exact) mass is 321 g/mol. The van der Waals surface area contributed by atoms with Crippen LogP contribution in [0.2, 0.25) is 0 Å². The van der Waals surface area contributed by atoms with Gasteiger partial charge in [0.25, 0.3) is 0 Å². The van der Waals surface area contributed by atoms with E-state index in [1.807, 2.05) is 18.2 Å². The standard InChI is InChI=1S/C17H27N3O3/c1-3-18-17(19-11-13-4-5-13)20-12-14-6-7-15(23-9-8-21)16(10-14)22-2/h6-7,10,13,21H,3-5,8-9,11-12H2,1-2H3,(H2,18,19,20). The number of aliphatic hydroxyl groups excluding tert-OH is 1. The van der Waals surface area contributed by atoms with Crippen molar-refractivity contribution in [1.29, 1.82) is 0 Å². The summed E-state index contributed by atoms with van der Waals surface area (Å²) in [4.78, 5) is 4.61. The van der Waals surface area contributed by atoms with Gasteiger partial charge < -0.3 is 25.2 Å². The van der Waals surface area contributed by atoms with Crippen LogP contribution in [0, 0.1) is 5.92 Å². The summed E-state index contributed by atoms with van der Waals surface area (Å²) in [5.41, 5.74) is 1.04. The second-order valence-corrected chi connectivity index (χ2v) is 5.58. The first-order valence-corrected chi connectivity index (χ1v) is 8.19. The number of hydrogen-bond donors (Lipinski definition) is 3. The summed E-state index contributed by atoms with van der Waals surface area (Å²) in [6, 6.07) is 5.73. The van der Waals surface area contributed by atoms with Crippen LogP contribution in [0.15, 0.2) is 23.2 Å². The molecule has 0 heterocycles. The van der Waals surface area contributed by atoms with Gasteiger partial charge >= 0.3 is 0 Å². The number of hydrogen-bond acceptors (Lipinski definition) is 4. The van der Waals surface area contributed by atoms with Crippen molar-refractivity contribution in [1.82, 2.24) is 10.6 Å². The van der Waals surface area contributed by atoms with Gasteiger partial charge in [-0.25, -0.2) is 4.99 Å². The molecule has 0 amide bonds. The lowest BCUT2D eigenvalue weighted by molar-refractivity contribution is 0.196. The minimum atomic E-state index is -0.0199. The molecule has 2 rings (SSSR count). The molecule has 6 nitrogen and oxygen atoms in total. The first-order valence-electron chi connectivity index (χ1n) is 8.19. The van der Waals surface area contributed by atoms with Gasteiger partial charge in [0.2, 0.25) is 0 Å². The predicted octanol–water partition coefficient (Wildman–Crippen LogP) is 1.53. The third-order valence-electron chi connectivity index (χ3n) is 3.60. The van der Waals surface area contributed by atoms with Gasteiger partial charge in [-0.3, -0.25) is 0 Å². The van der Waals surface area contributed by atoms with Crippen molar-refractivity contribution in [3.05, 3.63) is 23.8 Å². The Hall–Kier alpha value is -1.95. The second-order valence-electron chi connectivity index (χ2n) is 5.58. The number of rotatable bonds is 9. The Morgan fingerprint density at radius 3 is 2.78 bits per heavy atom. The summed E-state index contributed by atoms with van der Waals surface area (Å²) < 4.78 is 10.8. The van der Waals surface area contributed by atoms with E-state index in [2.05, 4.69) is 22.5 Å². The first kappa shape index (κ1) is 17.4. The Morgan fingerprint density at radius 2 is 2.13 bits per heavy atom. The highest BCUT2D eigenvalue weighted by Gasteiger charge is 2.21. The van der Waals surface area contributed by atoms with E-state index in [9.17, 15) is 0 Å². The molecule has 0 saturated heterocycles. The number of aliphatic hydroxyl groups is 1. The van der Waals surface area contributed by atoms with Crippen LogP contribution in [0.1, 0.15) is 25.3 Å².